The lowest BCUT2D eigenvalue weighted by atomic mass is 10.1. The van der Waals surface area contributed by atoms with Gasteiger partial charge in [0.15, 0.2) is 0 Å². The van der Waals surface area contributed by atoms with E-state index in [9.17, 15) is 0 Å². The highest BCUT2D eigenvalue weighted by Gasteiger charge is 2.16. The van der Waals surface area contributed by atoms with Crippen molar-refractivity contribution in [1.29, 1.82) is 0 Å². The first-order valence-electron chi connectivity index (χ1n) is 5.84. The Morgan fingerprint density at radius 2 is 2.28 bits per heavy atom. The topological polar surface area (TPSA) is 38.3 Å². The first kappa shape index (κ1) is 15.4. The largest absolute Gasteiger partial charge is 0.475 e. The smallest absolute Gasteiger partial charge is 0.253 e. The van der Waals surface area contributed by atoms with Gasteiger partial charge in [-0.25, -0.2) is 0 Å². The lowest BCUT2D eigenvalue weighted by molar-refractivity contribution is 0.299. The monoisotopic (exact) mass is 379 g/mol. The van der Waals surface area contributed by atoms with Crippen LogP contribution in [0.5, 0.6) is 5.88 Å². The zero-order chi connectivity index (χ0) is 12.1. The van der Waals surface area contributed by atoms with Crippen molar-refractivity contribution in [2.24, 2.45) is 0 Å². The molecule has 0 fully saturated rings. The van der Waals surface area contributed by atoms with Gasteiger partial charge < -0.3 is 9.64 Å². The number of hydrogen-bond donors (Lipinski definition) is 0. The van der Waals surface area contributed by atoms with E-state index in [-0.39, 0.29) is 24.0 Å². The van der Waals surface area contributed by atoms with Crippen LogP contribution in [0.1, 0.15) is 25.5 Å². The summed E-state index contributed by atoms with van der Waals surface area (Å²) in [5.74, 6) is 0.679. The number of likely N-dealkylation sites (N-methyl/N-ethyl adjacent to an activating group) is 1. The molecule has 0 N–H and O–H groups in total. The molecule has 4 nitrogen and oxygen atoms in total. The average Bonchev–Trinajstić information content (AvgIpc) is 2.78. The molecule has 0 bridgehead atoms. The molecule has 0 saturated heterocycles. The van der Waals surface area contributed by atoms with Crippen LogP contribution in [0.4, 0.5) is 0 Å². The Hall–Kier alpha value is -0.630. The fourth-order valence-corrected chi connectivity index (χ4v) is 2.15. The summed E-state index contributed by atoms with van der Waals surface area (Å²) < 4.78 is 14.2. The summed E-state index contributed by atoms with van der Waals surface area (Å²) >= 11 is 1.21. The van der Waals surface area contributed by atoms with Crippen LogP contribution in [0.3, 0.4) is 0 Å². The number of ether oxygens (including phenoxy) is 1. The average molecular weight is 379 g/mol. The molecule has 2 heterocycles. The highest BCUT2D eigenvalue weighted by atomic mass is 127. The van der Waals surface area contributed by atoms with Gasteiger partial charge in [-0.2, -0.15) is 4.37 Å². The molecule has 0 amide bonds. The maximum Gasteiger partial charge on any atom is 0.253 e. The van der Waals surface area contributed by atoms with Gasteiger partial charge in [-0.3, -0.25) is 0 Å². The van der Waals surface area contributed by atoms with E-state index in [2.05, 4.69) is 26.6 Å². The van der Waals surface area contributed by atoms with Crippen molar-refractivity contribution < 1.29 is 4.74 Å². The van der Waals surface area contributed by atoms with E-state index in [0.29, 0.717) is 12.5 Å². The molecular weight excluding hydrogens is 361 g/mol. The van der Waals surface area contributed by atoms with Crippen molar-refractivity contribution in [3.05, 3.63) is 24.0 Å². The number of aromatic nitrogens is 2. The zero-order valence-corrected chi connectivity index (χ0v) is 13.8. The van der Waals surface area contributed by atoms with Crippen molar-refractivity contribution in [3.8, 4) is 5.88 Å². The predicted molar refractivity (Wildman–Crippen MR) is 85.5 cm³/mol. The molecule has 0 aliphatic carbocycles. The maximum atomic E-state index is 5.66. The van der Waals surface area contributed by atoms with Gasteiger partial charge >= 0.3 is 0 Å². The molecule has 0 radical (unpaired) electrons. The van der Waals surface area contributed by atoms with E-state index in [1.165, 1.54) is 11.7 Å². The highest BCUT2D eigenvalue weighted by Crippen LogP contribution is 2.26. The molecule has 2 rings (SSSR count). The van der Waals surface area contributed by atoms with E-state index >= 15 is 0 Å². The number of allylic oxidation sites excluding steroid dienone is 2. The van der Waals surface area contributed by atoms with Crippen LogP contribution in [-0.4, -0.2) is 33.8 Å². The number of rotatable bonds is 5. The Morgan fingerprint density at radius 1 is 1.44 bits per heavy atom. The van der Waals surface area contributed by atoms with E-state index < -0.39 is 0 Å². The van der Waals surface area contributed by atoms with Crippen molar-refractivity contribution >= 4 is 41.3 Å². The minimum Gasteiger partial charge on any atom is -0.475 e. The Morgan fingerprint density at radius 3 is 3.00 bits per heavy atom. The molecule has 0 aromatic carbocycles. The molecule has 6 heteroatoms. The molecule has 1 aliphatic heterocycles. The first-order valence-corrected chi connectivity index (χ1v) is 6.57. The quantitative estimate of drug-likeness (QED) is 0.582. The van der Waals surface area contributed by atoms with Crippen LogP contribution in [0.25, 0.3) is 5.57 Å². The molecule has 0 atom stereocenters. The molecular formula is C12H18IN3OS. The summed E-state index contributed by atoms with van der Waals surface area (Å²) in [4.78, 5) is 2.12. The van der Waals surface area contributed by atoms with Gasteiger partial charge in [0.25, 0.3) is 5.88 Å². The highest BCUT2D eigenvalue weighted by molar-refractivity contribution is 14.0. The van der Waals surface area contributed by atoms with Gasteiger partial charge in [-0.1, -0.05) is 19.4 Å². The lowest BCUT2D eigenvalue weighted by Crippen LogP contribution is -2.16. The third-order valence-electron chi connectivity index (χ3n) is 2.56. The SMILES string of the molecule is CCCCOc1nsnc1C1=CC=CN(C)C1.I. The number of nitrogens with zero attached hydrogens (tertiary/aromatic N) is 3. The van der Waals surface area contributed by atoms with Crippen LogP contribution in [0.2, 0.25) is 0 Å². The van der Waals surface area contributed by atoms with Crippen molar-refractivity contribution in [1.82, 2.24) is 13.6 Å². The van der Waals surface area contributed by atoms with Crippen LogP contribution < -0.4 is 4.74 Å². The Labute approximate surface area is 129 Å². The molecule has 1 aromatic heterocycles. The van der Waals surface area contributed by atoms with Gasteiger partial charge in [-0.05, 0) is 18.7 Å². The normalized spacial score (nSPS) is 14.1. The summed E-state index contributed by atoms with van der Waals surface area (Å²) in [6.07, 6.45) is 8.31. The van der Waals surface area contributed by atoms with Gasteiger partial charge in [0.2, 0.25) is 0 Å². The predicted octanol–water partition coefficient (Wildman–Crippen LogP) is 3.18. The second-order valence-electron chi connectivity index (χ2n) is 4.07. The minimum absolute atomic E-state index is 0. The van der Waals surface area contributed by atoms with Gasteiger partial charge in [0, 0.05) is 19.2 Å². The standard InChI is InChI=1S/C12H17N3OS.HI/c1-3-4-8-16-12-11(13-17-14-12)10-6-5-7-15(2)9-10;/h5-7H,3-4,8-9H2,1-2H3;1H. The zero-order valence-electron chi connectivity index (χ0n) is 10.6. The lowest BCUT2D eigenvalue weighted by Gasteiger charge is -2.18. The summed E-state index contributed by atoms with van der Waals surface area (Å²) in [6.45, 7) is 3.72. The summed E-state index contributed by atoms with van der Waals surface area (Å²) in [6, 6.07) is 0. The first-order chi connectivity index (χ1) is 8.31. The van der Waals surface area contributed by atoms with Crippen molar-refractivity contribution in [2.45, 2.75) is 19.8 Å². The molecule has 1 aliphatic rings. The van der Waals surface area contributed by atoms with Crippen molar-refractivity contribution in [2.75, 3.05) is 20.2 Å². The Balaban J connectivity index is 0.00000162. The van der Waals surface area contributed by atoms with E-state index in [1.54, 1.807) is 0 Å². The molecule has 0 saturated carbocycles. The molecule has 1 aromatic rings. The van der Waals surface area contributed by atoms with Crippen LogP contribution in [0, 0.1) is 0 Å². The molecule has 0 spiro atoms. The van der Waals surface area contributed by atoms with Crippen LogP contribution >= 0.6 is 35.7 Å². The summed E-state index contributed by atoms with van der Waals surface area (Å²) in [7, 11) is 2.04. The Bertz CT molecular complexity index is 431. The maximum absolute atomic E-state index is 5.66. The summed E-state index contributed by atoms with van der Waals surface area (Å²) in [5, 5.41) is 0. The van der Waals surface area contributed by atoms with Crippen LogP contribution in [-0.2, 0) is 0 Å². The molecule has 18 heavy (non-hydrogen) atoms. The fourth-order valence-electron chi connectivity index (χ4n) is 1.62. The second-order valence-corrected chi connectivity index (χ2v) is 4.60. The minimum atomic E-state index is 0. The third-order valence-corrected chi connectivity index (χ3v) is 3.07. The molecule has 100 valence electrons. The Kier molecular flexibility index (Phi) is 6.62. The second kappa shape index (κ2) is 7.73. The van der Waals surface area contributed by atoms with Crippen molar-refractivity contribution in [3.63, 3.8) is 0 Å². The fraction of sp³-hybridized carbons (Fsp3) is 0.500. The van der Waals surface area contributed by atoms with E-state index in [1.807, 2.05) is 19.3 Å². The number of hydrogen-bond acceptors (Lipinski definition) is 5. The van der Waals surface area contributed by atoms with Gasteiger partial charge in [-0.15, -0.1) is 28.4 Å². The van der Waals surface area contributed by atoms with Crippen LogP contribution in [0.15, 0.2) is 18.4 Å². The summed E-state index contributed by atoms with van der Waals surface area (Å²) in [5.41, 5.74) is 2.05. The number of halogens is 1. The third kappa shape index (κ3) is 3.94. The number of unbranched alkanes of at least 4 members (excludes halogenated alkanes) is 1. The van der Waals surface area contributed by atoms with Gasteiger partial charge in [0.05, 0.1) is 18.3 Å². The van der Waals surface area contributed by atoms with Gasteiger partial charge in [0.1, 0.15) is 5.69 Å². The van der Waals surface area contributed by atoms with E-state index in [4.69, 9.17) is 4.74 Å². The van der Waals surface area contributed by atoms with E-state index in [0.717, 1.165) is 30.7 Å². The molecule has 0 unspecified atom stereocenters.